The van der Waals surface area contributed by atoms with Gasteiger partial charge in [-0.2, -0.15) is 5.10 Å². The van der Waals surface area contributed by atoms with Gasteiger partial charge in [-0.05, 0) is 36.2 Å². The van der Waals surface area contributed by atoms with Crippen molar-refractivity contribution in [3.05, 3.63) is 58.1 Å². The van der Waals surface area contributed by atoms with Gasteiger partial charge in [0.2, 0.25) is 5.95 Å². The van der Waals surface area contributed by atoms with Crippen LogP contribution in [0.5, 0.6) is 0 Å². The number of hydrogen-bond acceptors (Lipinski definition) is 3. The van der Waals surface area contributed by atoms with E-state index in [2.05, 4.69) is 20.5 Å². The molecule has 0 bridgehead atoms. The van der Waals surface area contributed by atoms with Crippen LogP contribution in [-0.4, -0.2) is 15.7 Å². The molecule has 4 nitrogen and oxygen atoms in total. The zero-order valence-corrected chi connectivity index (χ0v) is 13.4. The zero-order valence-electron chi connectivity index (χ0n) is 11.9. The van der Waals surface area contributed by atoms with Crippen LogP contribution in [0.2, 0.25) is 10.0 Å². The van der Waals surface area contributed by atoms with Crippen molar-refractivity contribution < 1.29 is 0 Å². The summed E-state index contributed by atoms with van der Waals surface area (Å²) in [5.41, 5.74) is 6.63. The Balaban J connectivity index is 1.86. The number of anilines is 1. The third-order valence-electron chi connectivity index (χ3n) is 3.27. The molecule has 0 saturated carbocycles. The smallest absolute Gasteiger partial charge is 0.222 e. The summed E-state index contributed by atoms with van der Waals surface area (Å²) in [5.74, 6) is 0.604. The van der Waals surface area contributed by atoms with Gasteiger partial charge in [0.15, 0.2) is 0 Å². The number of rotatable bonds is 4. The fraction of sp³-hybridized carbons (Fsp3) is 0.125. The highest BCUT2D eigenvalue weighted by molar-refractivity contribution is 6.42. The SMILES string of the molecule is CCC(=NNc1nc2ccccc2[nH]1)c1ccc(Cl)c(Cl)c1. The minimum atomic E-state index is 0.518. The number of hydrogen-bond donors (Lipinski definition) is 2. The van der Waals surface area contributed by atoms with Crippen LogP contribution in [0.25, 0.3) is 11.0 Å². The third-order valence-corrected chi connectivity index (χ3v) is 4.01. The van der Waals surface area contributed by atoms with Crippen molar-refractivity contribution in [2.45, 2.75) is 13.3 Å². The minimum absolute atomic E-state index is 0.518. The molecule has 3 aromatic rings. The van der Waals surface area contributed by atoms with Crippen LogP contribution in [0.1, 0.15) is 18.9 Å². The number of fused-ring (bicyclic) bond motifs is 1. The van der Waals surface area contributed by atoms with E-state index in [0.717, 1.165) is 28.7 Å². The summed E-state index contributed by atoms with van der Waals surface area (Å²) in [5, 5.41) is 5.47. The fourth-order valence-corrected chi connectivity index (χ4v) is 2.45. The first-order valence-electron chi connectivity index (χ1n) is 6.90. The maximum atomic E-state index is 6.06. The Morgan fingerprint density at radius 1 is 1.18 bits per heavy atom. The first-order valence-corrected chi connectivity index (χ1v) is 7.65. The second-order valence-electron chi connectivity index (χ2n) is 4.76. The highest BCUT2D eigenvalue weighted by atomic mass is 35.5. The van der Waals surface area contributed by atoms with Gasteiger partial charge in [-0.15, -0.1) is 0 Å². The predicted octanol–water partition coefficient (Wildman–Crippen LogP) is 5.10. The van der Waals surface area contributed by atoms with Gasteiger partial charge in [0.1, 0.15) is 0 Å². The minimum Gasteiger partial charge on any atom is -0.323 e. The molecule has 0 amide bonds. The molecule has 2 aromatic carbocycles. The van der Waals surface area contributed by atoms with Gasteiger partial charge in [0.05, 0.1) is 26.8 Å². The van der Waals surface area contributed by atoms with E-state index in [9.17, 15) is 0 Å². The Kier molecular flexibility index (Phi) is 4.32. The van der Waals surface area contributed by atoms with E-state index in [1.54, 1.807) is 6.07 Å². The first kappa shape index (κ1) is 14.9. The fourth-order valence-electron chi connectivity index (χ4n) is 2.15. The van der Waals surface area contributed by atoms with E-state index in [1.807, 2.05) is 43.3 Å². The van der Waals surface area contributed by atoms with E-state index < -0.39 is 0 Å². The second-order valence-corrected chi connectivity index (χ2v) is 5.57. The molecule has 0 radical (unpaired) electrons. The molecule has 0 atom stereocenters. The Bertz CT molecular complexity index is 806. The Morgan fingerprint density at radius 3 is 2.73 bits per heavy atom. The average molecular weight is 333 g/mol. The maximum absolute atomic E-state index is 6.06. The van der Waals surface area contributed by atoms with Crippen LogP contribution in [0.4, 0.5) is 5.95 Å². The van der Waals surface area contributed by atoms with E-state index in [1.165, 1.54) is 0 Å². The van der Waals surface area contributed by atoms with Crippen LogP contribution < -0.4 is 5.43 Å². The van der Waals surface area contributed by atoms with E-state index in [-0.39, 0.29) is 0 Å². The summed E-state index contributed by atoms with van der Waals surface area (Å²) in [7, 11) is 0. The molecule has 0 fully saturated rings. The lowest BCUT2D eigenvalue weighted by Gasteiger charge is -2.05. The third kappa shape index (κ3) is 3.08. The largest absolute Gasteiger partial charge is 0.323 e. The van der Waals surface area contributed by atoms with Gasteiger partial charge in [-0.1, -0.05) is 48.3 Å². The number of nitrogens with zero attached hydrogens (tertiary/aromatic N) is 2. The summed E-state index contributed by atoms with van der Waals surface area (Å²) in [4.78, 5) is 7.59. The summed E-state index contributed by atoms with van der Waals surface area (Å²) in [6.45, 7) is 2.03. The van der Waals surface area contributed by atoms with Crippen LogP contribution in [0, 0.1) is 0 Å². The average Bonchev–Trinajstić information content (AvgIpc) is 2.94. The number of H-pyrrole nitrogens is 1. The molecule has 112 valence electrons. The van der Waals surface area contributed by atoms with Crippen molar-refractivity contribution in [1.82, 2.24) is 9.97 Å². The molecule has 3 rings (SSSR count). The van der Waals surface area contributed by atoms with Gasteiger partial charge in [-0.25, -0.2) is 10.4 Å². The summed E-state index contributed by atoms with van der Waals surface area (Å²) < 4.78 is 0. The zero-order chi connectivity index (χ0) is 15.5. The molecule has 0 aliphatic rings. The first-order chi connectivity index (χ1) is 10.7. The van der Waals surface area contributed by atoms with Gasteiger partial charge in [-0.3, -0.25) is 0 Å². The molecule has 0 aliphatic heterocycles. The summed E-state index contributed by atoms with van der Waals surface area (Å²) >= 11 is 12.0. The molecule has 0 spiro atoms. The standard InChI is InChI=1S/C16H14Cl2N4/c1-2-13(10-7-8-11(17)12(18)9-10)21-22-16-19-14-5-3-4-6-15(14)20-16/h3-9H,2H2,1H3,(H2,19,20,22). The van der Waals surface area contributed by atoms with Gasteiger partial charge >= 0.3 is 0 Å². The quantitative estimate of drug-likeness (QED) is 0.516. The Labute approximate surface area is 138 Å². The number of nitrogens with one attached hydrogen (secondary N) is 2. The topological polar surface area (TPSA) is 53.1 Å². The Hall–Kier alpha value is -2.04. The Morgan fingerprint density at radius 2 is 2.00 bits per heavy atom. The van der Waals surface area contributed by atoms with Crippen molar-refractivity contribution in [3.63, 3.8) is 0 Å². The number of halogens is 2. The number of hydrazone groups is 1. The van der Waals surface area contributed by atoms with Crippen molar-refractivity contribution in [2.75, 3.05) is 5.43 Å². The monoisotopic (exact) mass is 332 g/mol. The summed E-state index contributed by atoms with van der Waals surface area (Å²) in [6.07, 6.45) is 0.755. The number of para-hydroxylation sites is 2. The maximum Gasteiger partial charge on any atom is 0.222 e. The lowest BCUT2D eigenvalue weighted by molar-refractivity contribution is 1.17. The van der Waals surface area contributed by atoms with E-state index in [0.29, 0.717) is 16.0 Å². The van der Waals surface area contributed by atoms with Crippen LogP contribution in [0.3, 0.4) is 0 Å². The molecule has 1 aromatic heterocycles. The molecule has 6 heteroatoms. The molecular formula is C16H14Cl2N4. The van der Waals surface area contributed by atoms with Crippen molar-refractivity contribution in [3.8, 4) is 0 Å². The highest BCUT2D eigenvalue weighted by Crippen LogP contribution is 2.23. The van der Waals surface area contributed by atoms with Crippen LogP contribution in [-0.2, 0) is 0 Å². The molecule has 1 heterocycles. The predicted molar refractivity (Wildman–Crippen MR) is 93.0 cm³/mol. The number of imidazole rings is 1. The van der Waals surface area contributed by atoms with Crippen LogP contribution in [0.15, 0.2) is 47.6 Å². The highest BCUT2D eigenvalue weighted by Gasteiger charge is 2.06. The van der Waals surface area contributed by atoms with E-state index in [4.69, 9.17) is 23.2 Å². The lowest BCUT2D eigenvalue weighted by atomic mass is 10.1. The number of aromatic nitrogens is 2. The van der Waals surface area contributed by atoms with Gasteiger partial charge < -0.3 is 4.98 Å². The summed E-state index contributed by atoms with van der Waals surface area (Å²) in [6, 6.07) is 13.3. The molecule has 2 N–H and O–H groups in total. The van der Waals surface area contributed by atoms with Crippen molar-refractivity contribution in [1.29, 1.82) is 0 Å². The number of benzene rings is 2. The van der Waals surface area contributed by atoms with Crippen LogP contribution >= 0.6 is 23.2 Å². The molecular weight excluding hydrogens is 319 g/mol. The second kappa shape index (κ2) is 6.38. The van der Waals surface area contributed by atoms with Gasteiger partial charge in [0, 0.05) is 0 Å². The number of aromatic amines is 1. The molecule has 0 unspecified atom stereocenters. The van der Waals surface area contributed by atoms with Crippen molar-refractivity contribution >= 4 is 45.9 Å². The van der Waals surface area contributed by atoms with Crippen molar-refractivity contribution in [2.24, 2.45) is 5.10 Å². The molecule has 0 aliphatic carbocycles. The lowest BCUT2D eigenvalue weighted by Crippen LogP contribution is -2.03. The molecule has 0 saturated heterocycles. The normalized spacial score (nSPS) is 11.9. The molecule has 22 heavy (non-hydrogen) atoms. The van der Waals surface area contributed by atoms with E-state index >= 15 is 0 Å². The van der Waals surface area contributed by atoms with Gasteiger partial charge in [0.25, 0.3) is 0 Å².